The number of carbonyl (C=O) groups excluding carboxylic acids is 1. The van der Waals surface area contributed by atoms with Crippen molar-refractivity contribution >= 4 is 30.1 Å². The maximum atomic E-state index is 10.4. The summed E-state index contributed by atoms with van der Waals surface area (Å²) in [5.41, 5.74) is 5.86. The number of nitrogens with zero attached hydrogens (tertiary/aromatic N) is 1. The van der Waals surface area contributed by atoms with E-state index in [9.17, 15) is 4.79 Å². The van der Waals surface area contributed by atoms with Gasteiger partial charge in [0.15, 0.2) is 0 Å². The van der Waals surface area contributed by atoms with Crippen LogP contribution in [-0.2, 0) is 4.79 Å². The van der Waals surface area contributed by atoms with Crippen molar-refractivity contribution in [3.05, 3.63) is 12.0 Å². The van der Waals surface area contributed by atoms with Gasteiger partial charge < -0.3 is 10.7 Å². The van der Waals surface area contributed by atoms with E-state index in [1.165, 1.54) is 11.8 Å². The number of rotatable bonds is 3. The van der Waals surface area contributed by atoms with Crippen LogP contribution in [0.25, 0.3) is 0 Å². The Labute approximate surface area is 80.7 Å². The summed E-state index contributed by atoms with van der Waals surface area (Å²) >= 11 is 1.37. The second-order valence-electron chi connectivity index (χ2n) is 2.07. The van der Waals surface area contributed by atoms with E-state index in [0.29, 0.717) is 5.75 Å². The monoisotopic (exact) mass is 207 g/mol. The summed E-state index contributed by atoms with van der Waals surface area (Å²) in [5, 5.41) is 0.906. The Bertz CT molecular complexity index is 263. The molecule has 1 heterocycles. The molecule has 6 heteroatoms. The number of primary amides is 1. The SMILES string of the molecule is Cc1nc[nH]c1SCC(N)=O.Cl. The number of H-pyrrole nitrogens is 1. The molecule has 68 valence electrons. The van der Waals surface area contributed by atoms with Crippen LogP contribution in [0.3, 0.4) is 0 Å². The molecular weight excluding hydrogens is 198 g/mol. The molecule has 1 rings (SSSR count). The molecule has 0 saturated heterocycles. The van der Waals surface area contributed by atoms with Gasteiger partial charge >= 0.3 is 0 Å². The van der Waals surface area contributed by atoms with Gasteiger partial charge in [-0.1, -0.05) is 11.8 Å². The van der Waals surface area contributed by atoms with Crippen LogP contribution in [0.2, 0.25) is 0 Å². The number of amides is 1. The van der Waals surface area contributed by atoms with Crippen molar-refractivity contribution in [3.63, 3.8) is 0 Å². The van der Waals surface area contributed by atoms with Crippen LogP contribution in [0.15, 0.2) is 11.4 Å². The van der Waals surface area contributed by atoms with E-state index >= 15 is 0 Å². The number of halogens is 1. The zero-order chi connectivity index (χ0) is 8.27. The molecule has 1 aromatic rings. The van der Waals surface area contributed by atoms with Crippen LogP contribution in [0.1, 0.15) is 5.69 Å². The molecule has 12 heavy (non-hydrogen) atoms. The third-order valence-corrected chi connectivity index (χ3v) is 2.27. The van der Waals surface area contributed by atoms with E-state index < -0.39 is 0 Å². The molecule has 4 nitrogen and oxygen atoms in total. The van der Waals surface area contributed by atoms with Gasteiger partial charge in [0, 0.05) is 0 Å². The average Bonchev–Trinajstić information content (AvgIpc) is 2.31. The van der Waals surface area contributed by atoms with Crippen molar-refractivity contribution in [3.8, 4) is 0 Å². The van der Waals surface area contributed by atoms with Crippen LogP contribution in [0.5, 0.6) is 0 Å². The molecule has 0 unspecified atom stereocenters. The van der Waals surface area contributed by atoms with Gasteiger partial charge in [-0.3, -0.25) is 4.79 Å². The largest absolute Gasteiger partial charge is 0.369 e. The number of nitrogens with two attached hydrogens (primary N) is 1. The predicted octanol–water partition coefficient (Wildman–Crippen LogP) is 0.717. The van der Waals surface area contributed by atoms with E-state index in [0.717, 1.165) is 10.7 Å². The molecule has 0 atom stereocenters. The second-order valence-corrected chi connectivity index (χ2v) is 3.06. The molecule has 0 fully saturated rings. The van der Waals surface area contributed by atoms with Crippen molar-refractivity contribution < 1.29 is 4.79 Å². The Morgan fingerprint density at radius 2 is 2.50 bits per heavy atom. The molecule has 0 spiro atoms. The van der Waals surface area contributed by atoms with Crippen LogP contribution in [0.4, 0.5) is 0 Å². The summed E-state index contributed by atoms with van der Waals surface area (Å²) in [6.45, 7) is 1.87. The topological polar surface area (TPSA) is 71.8 Å². The third kappa shape index (κ3) is 3.15. The summed E-state index contributed by atoms with van der Waals surface area (Å²) in [5.74, 6) is -0.0211. The van der Waals surface area contributed by atoms with Crippen molar-refractivity contribution in [2.24, 2.45) is 5.73 Å². The lowest BCUT2D eigenvalue weighted by atomic mass is 10.6. The quantitative estimate of drug-likeness (QED) is 0.718. The molecule has 0 aliphatic heterocycles. The van der Waals surface area contributed by atoms with Gasteiger partial charge in [0.25, 0.3) is 0 Å². The van der Waals surface area contributed by atoms with Crippen LogP contribution >= 0.6 is 24.2 Å². The van der Waals surface area contributed by atoms with Crippen molar-refractivity contribution in [2.45, 2.75) is 11.9 Å². The minimum Gasteiger partial charge on any atom is -0.369 e. The Balaban J connectivity index is 0.00000121. The number of thioether (sulfide) groups is 1. The summed E-state index contributed by atoms with van der Waals surface area (Å²) < 4.78 is 0. The van der Waals surface area contributed by atoms with Crippen molar-refractivity contribution in [2.75, 3.05) is 5.75 Å². The fraction of sp³-hybridized carbons (Fsp3) is 0.333. The van der Waals surface area contributed by atoms with E-state index in [1.807, 2.05) is 6.92 Å². The first-order valence-corrected chi connectivity index (χ1v) is 4.10. The highest BCUT2D eigenvalue weighted by Crippen LogP contribution is 2.16. The third-order valence-electron chi connectivity index (χ3n) is 1.14. The average molecular weight is 208 g/mol. The lowest BCUT2D eigenvalue weighted by Gasteiger charge is -1.94. The van der Waals surface area contributed by atoms with E-state index in [-0.39, 0.29) is 18.3 Å². The first-order chi connectivity index (χ1) is 5.20. The molecule has 0 radical (unpaired) electrons. The molecule has 1 amide bonds. The van der Waals surface area contributed by atoms with Crippen LogP contribution in [0, 0.1) is 6.92 Å². The van der Waals surface area contributed by atoms with E-state index in [1.54, 1.807) is 6.33 Å². The molecule has 0 saturated carbocycles. The number of hydrogen-bond acceptors (Lipinski definition) is 3. The lowest BCUT2D eigenvalue weighted by molar-refractivity contribution is -0.115. The highest BCUT2D eigenvalue weighted by Gasteiger charge is 2.02. The fourth-order valence-electron chi connectivity index (χ4n) is 0.640. The van der Waals surface area contributed by atoms with Crippen LogP contribution in [-0.4, -0.2) is 21.6 Å². The van der Waals surface area contributed by atoms with Gasteiger partial charge in [0.05, 0.1) is 22.8 Å². The van der Waals surface area contributed by atoms with Crippen LogP contribution < -0.4 is 5.73 Å². The Hall–Kier alpha value is -0.680. The summed E-state index contributed by atoms with van der Waals surface area (Å²) in [7, 11) is 0. The van der Waals surface area contributed by atoms with Crippen molar-refractivity contribution in [1.29, 1.82) is 0 Å². The smallest absolute Gasteiger partial charge is 0.227 e. The van der Waals surface area contributed by atoms with Gasteiger partial charge in [-0.2, -0.15) is 0 Å². The predicted molar refractivity (Wildman–Crippen MR) is 50.5 cm³/mol. The number of aromatic nitrogens is 2. The number of aryl methyl sites for hydroxylation is 1. The molecule has 0 bridgehead atoms. The van der Waals surface area contributed by atoms with E-state index in [4.69, 9.17) is 5.73 Å². The lowest BCUT2D eigenvalue weighted by Crippen LogP contribution is -2.13. The highest BCUT2D eigenvalue weighted by atomic mass is 35.5. The standard InChI is InChI=1S/C6H9N3OS.ClH/c1-4-6(9-3-8-4)11-2-5(7)10;/h3H,2H2,1H3,(H2,7,10)(H,8,9);1H. The molecule has 0 aliphatic carbocycles. The number of hydrogen-bond donors (Lipinski definition) is 2. The highest BCUT2D eigenvalue weighted by molar-refractivity contribution is 7.99. The van der Waals surface area contributed by atoms with E-state index in [2.05, 4.69) is 9.97 Å². The molecule has 3 N–H and O–H groups in total. The Morgan fingerprint density at radius 1 is 1.83 bits per heavy atom. The number of imidazole rings is 1. The van der Waals surface area contributed by atoms with Gasteiger partial charge in [-0.25, -0.2) is 4.98 Å². The first kappa shape index (κ1) is 11.3. The number of nitrogens with one attached hydrogen (secondary N) is 1. The molecule has 0 aliphatic rings. The summed E-state index contributed by atoms with van der Waals surface area (Å²) in [6, 6.07) is 0. The summed E-state index contributed by atoms with van der Waals surface area (Å²) in [6.07, 6.45) is 1.60. The number of carbonyl (C=O) groups is 1. The normalized spacial score (nSPS) is 9.08. The van der Waals surface area contributed by atoms with Gasteiger partial charge in [-0.05, 0) is 6.92 Å². The molecule has 1 aromatic heterocycles. The maximum Gasteiger partial charge on any atom is 0.227 e. The Morgan fingerprint density at radius 3 is 2.92 bits per heavy atom. The summed E-state index contributed by atoms with van der Waals surface area (Å²) in [4.78, 5) is 17.2. The minimum atomic E-state index is -0.316. The van der Waals surface area contributed by atoms with Crippen molar-refractivity contribution in [1.82, 2.24) is 9.97 Å². The minimum absolute atomic E-state index is 0. The van der Waals surface area contributed by atoms with Gasteiger partial charge in [0.1, 0.15) is 0 Å². The van der Waals surface area contributed by atoms with Gasteiger partial charge in [-0.15, -0.1) is 12.4 Å². The molecule has 0 aromatic carbocycles. The zero-order valence-corrected chi connectivity index (χ0v) is 8.17. The molecular formula is C6H10ClN3OS. The first-order valence-electron chi connectivity index (χ1n) is 3.11. The Kier molecular flexibility index (Phi) is 4.77. The fourth-order valence-corrected chi connectivity index (χ4v) is 1.32. The number of aromatic amines is 1. The van der Waals surface area contributed by atoms with Gasteiger partial charge in [0.2, 0.25) is 5.91 Å². The maximum absolute atomic E-state index is 10.4. The second kappa shape index (κ2) is 5.05. The zero-order valence-electron chi connectivity index (χ0n) is 6.53.